The van der Waals surface area contributed by atoms with Crippen LogP contribution < -0.4 is 11.3 Å². The maximum Gasteiger partial charge on any atom is 0.179 e. The van der Waals surface area contributed by atoms with Gasteiger partial charge in [-0.3, -0.25) is 10.7 Å². The lowest BCUT2D eigenvalue weighted by Gasteiger charge is -2.32. The molecule has 20 heavy (non-hydrogen) atoms. The van der Waals surface area contributed by atoms with E-state index < -0.39 is 9.84 Å². The van der Waals surface area contributed by atoms with E-state index in [0.29, 0.717) is 23.8 Å². The van der Waals surface area contributed by atoms with E-state index >= 15 is 0 Å². The first-order valence-electron chi connectivity index (χ1n) is 6.64. The van der Waals surface area contributed by atoms with Gasteiger partial charge in [0.2, 0.25) is 0 Å². The standard InChI is InChI=1S/C13H21N3O3S/c1-11(16-6-8-19-9-7-16)10-20(17,18)13-4-2-12(15-14)3-5-13/h2-5,11,15H,6-10,14H2,1H3. The van der Waals surface area contributed by atoms with Crippen LogP contribution in [-0.2, 0) is 14.6 Å². The molecule has 1 aromatic rings. The van der Waals surface area contributed by atoms with E-state index in [1.165, 1.54) is 0 Å². The third-order valence-corrected chi connectivity index (χ3v) is 5.42. The molecule has 1 aliphatic heterocycles. The van der Waals surface area contributed by atoms with Crippen LogP contribution in [0.3, 0.4) is 0 Å². The second kappa shape index (κ2) is 6.53. The molecule has 0 radical (unpaired) electrons. The highest BCUT2D eigenvalue weighted by molar-refractivity contribution is 7.91. The van der Waals surface area contributed by atoms with Crippen molar-refractivity contribution in [3.8, 4) is 0 Å². The number of nitrogens with one attached hydrogen (secondary N) is 1. The van der Waals surface area contributed by atoms with Gasteiger partial charge in [0.1, 0.15) is 0 Å². The number of benzene rings is 1. The van der Waals surface area contributed by atoms with Gasteiger partial charge in [-0.1, -0.05) is 0 Å². The highest BCUT2D eigenvalue weighted by Crippen LogP contribution is 2.17. The molecular weight excluding hydrogens is 278 g/mol. The van der Waals surface area contributed by atoms with Crippen LogP contribution in [0.2, 0.25) is 0 Å². The van der Waals surface area contributed by atoms with E-state index in [4.69, 9.17) is 10.6 Å². The minimum absolute atomic E-state index is 0.0174. The summed E-state index contributed by atoms with van der Waals surface area (Å²) < 4.78 is 30.0. The Hall–Kier alpha value is -1.15. The van der Waals surface area contributed by atoms with Gasteiger partial charge in [0, 0.05) is 24.8 Å². The van der Waals surface area contributed by atoms with Crippen LogP contribution in [0.4, 0.5) is 5.69 Å². The first-order chi connectivity index (χ1) is 9.53. The molecule has 0 aromatic heterocycles. The van der Waals surface area contributed by atoms with E-state index in [2.05, 4.69) is 10.3 Å². The number of sulfone groups is 1. The van der Waals surface area contributed by atoms with Gasteiger partial charge in [0.05, 0.1) is 23.9 Å². The van der Waals surface area contributed by atoms with E-state index in [1.807, 2.05) is 6.92 Å². The Morgan fingerprint density at radius 3 is 2.45 bits per heavy atom. The Morgan fingerprint density at radius 2 is 1.90 bits per heavy atom. The van der Waals surface area contributed by atoms with Gasteiger partial charge in [-0.2, -0.15) is 0 Å². The van der Waals surface area contributed by atoms with Crippen LogP contribution in [0, 0.1) is 0 Å². The third-order valence-electron chi connectivity index (χ3n) is 3.51. The van der Waals surface area contributed by atoms with Crippen molar-refractivity contribution in [3.63, 3.8) is 0 Å². The maximum atomic E-state index is 12.4. The number of ether oxygens (including phenoxy) is 1. The summed E-state index contributed by atoms with van der Waals surface area (Å²) in [5.74, 6) is 5.38. The largest absolute Gasteiger partial charge is 0.379 e. The van der Waals surface area contributed by atoms with Crippen molar-refractivity contribution in [2.45, 2.75) is 17.9 Å². The minimum atomic E-state index is -3.28. The molecule has 6 nitrogen and oxygen atoms in total. The average Bonchev–Trinajstić information content (AvgIpc) is 2.48. The fourth-order valence-corrected chi connectivity index (χ4v) is 3.89. The topological polar surface area (TPSA) is 84.7 Å². The number of nitrogens with zero attached hydrogens (tertiary/aromatic N) is 1. The second-order valence-electron chi connectivity index (χ2n) is 4.95. The summed E-state index contributed by atoms with van der Waals surface area (Å²) in [7, 11) is -3.28. The van der Waals surface area contributed by atoms with Crippen molar-refractivity contribution >= 4 is 15.5 Å². The van der Waals surface area contributed by atoms with Crippen molar-refractivity contribution in [1.29, 1.82) is 0 Å². The smallest absolute Gasteiger partial charge is 0.179 e. The minimum Gasteiger partial charge on any atom is -0.379 e. The average molecular weight is 299 g/mol. The molecule has 2 rings (SSSR count). The Bertz CT molecular complexity index is 524. The number of anilines is 1. The molecule has 3 N–H and O–H groups in total. The van der Waals surface area contributed by atoms with Gasteiger partial charge in [0.25, 0.3) is 0 Å². The summed E-state index contributed by atoms with van der Waals surface area (Å²) in [4.78, 5) is 2.48. The van der Waals surface area contributed by atoms with E-state index in [0.717, 1.165) is 13.1 Å². The molecule has 0 aliphatic carbocycles. The van der Waals surface area contributed by atoms with Gasteiger partial charge in [0.15, 0.2) is 9.84 Å². The SMILES string of the molecule is CC(CS(=O)(=O)c1ccc(NN)cc1)N1CCOCC1. The third kappa shape index (κ3) is 3.69. The summed E-state index contributed by atoms with van der Waals surface area (Å²) in [6.45, 7) is 4.85. The molecule has 1 fully saturated rings. The van der Waals surface area contributed by atoms with Crippen LogP contribution in [0.25, 0.3) is 0 Å². The molecule has 0 bridgehead atoms. The zero-order chi connectivity index (χ0) is 14.6. The van der Waals surface area contributed by atoms with Gasteiger partial charge < -0.3 is 10.2 Å². The predicted molar refractivity (Wildman–Crippen MR) is 78.2 cm³/mol. The van der Waals surface area contributed by atoms with Crippen molar-refractivity contribution in [2.75, 3.05) is 37.5 Å². The van der Waals surface area contributed by atoms with Crippen LogP contribution >= 0.6 is 0 Å². The lowest BCUT2D eigenvalue weighted by molar-refractivity contribution is 0.0243. The van der Waals surface area contributed by atoms with E-state index in [-0.39, 0.29) is 11.8 Å². The Balaban J connectivity index is 2.05. The summed E-state index contributed by atoms with van der Waals surface area (Å²) in [5.41, 5.74) is 3.17. The number of nitrogens with two attached hydrogens (primary N) is 1. The summed E-state index contributed by atoms with van der Waals surface area (Å²) >= 11 is 0. The maximum absolute atomic E-state index is 12.4. The molecule has 0 saturated carbocycles. The molecule has 112 valence electrons. The number of nitrogen functional groups attached to an aromatic ring is 1. The fraction of sp³-hybridized carbons (Fsp3) is 0.538. The van der Waals surface area contributed by atoms with Crippen LogP contribution in [0.15, 0.2) is 29.2 Å². The zero-order valence-electron chi connectivity index (χ0n) is 11.6. The quantitative estimate of drug-likeness (QED) is 0.607. The number of hydrogen-bond donors (Lipinski definition) is 2. The highest BCUT2D eigenvalue weighted by Gasteiger charge is 2.24. The Labute approximate surface area is 119 Å². The lowest BCUT2D eigenvalue weighted by Crippen LogP contribution is -2.45. The monoisotopic (exact) mass is 299 g/mol. The van der Waals surface area contributed by atoms with Crippen molar-refractivity contribution in [1.82, 2.24) is 4.90 Å². The molecular formula is C13H21N3O3S. The first-order valence-corrected chi connectivity index (χ1v) is 8.29. The van der Waals surface area contributed by atoms with Crippen LogP contribution in [0.1, 0.15) is 6.92 Å². The first kappa shape index (κ1) is 15.2. The molecule has 0 amide bonds. The molecule has 7 heteroatoms. The molecule has 1 aliphatic rings. The Kier molecular flexibility index (Phi) is 4.98. The van der Waals surface area contributed by atoms with E-state index in [1.54, 1.807) is 24.3 Å². The normalized spacial score (nSPS) is 18.7. The molecule has 1 heterocycles. The molecule has 1 saturated heterocycles. The summed E-state index contributed by atoms with van der Waals surface area (Å²) in [6, 6.07) is 6.46. The lowest BCUT2D eigenvalue weighted by atomic mass is 10.3. The van der Waals surface area contributed by atoms with Crippen molar-refractivity contribution in [2.24, 2.45) is 5.84 Å². The zero-order valence-corrected chi connectivity index (χ0v) is 12.4. The number of hydrazine groups is 1. The van der Waals surface area contributed by atoms with Gasteiger partial charge in [-0.25, -0.2) is 8.42 Å². The molecule has 1 unspecified atom stereocenters. The summed E-state index contributed by atoms with van der Waals surface area (Å²) in [6.07, 6.45) is 0. The van der Waals surface area contributed by atoms with E-state index in [9.17, 15) is 8.42 Å². The van der Waals surface area contributed by atoms with Gasteiger partial charge in [-0.05, 0) is 31.2 Å². The van der Waals surface area contributed by atoms with Crippen molar-refractivity contribution in [3.05, 3.63) is 24.3 Å². The van der Waals surface area contributed by atoms with Crippen LogP contribution in [-0.4, -0.2) is 51.4 Å². The highest BCUT2D eigenvalue weighted by atomic mass is 32.2. The molecule has 0 spiro atoms. The summed E-state index contributed by atoms with van der Waals surface area (Å²) in [5, 5.41) is 0. The fourth-order valence-electron chi connectivity index (χ4n) is 2.30. The second-order valence-corrected chi connectivity index (χ2v) is 6.98. The predicted octanol–water partition coefficient (Wildman–Crippen LogP) is 0.467. The van der Waals surface area contributed by atoms with Crippen molar-refractivity contribution < 1.29 is 13.2 Å². The van der Waals surface area contributed by atoms with Crippen LogP contribution in [0.5, 0.6) is 0 Å². The molecule has 1 aromatic carbocycles. The van der Waals surface area contributed by atoms with Gasteiger partial charge >= 0.3 is 0 Å². The Morgan fingerprint density at radius 1 is 1.30 bits per heavy atom. The number of rotatable bonds is 5. The molecule has 1 atom stereocenters. The van der Waals surface area contributed by atoms with Gasteiger partial charge in [-0.15, -0.1) is 0 Å². The number of hydrogen-bond acceptors (Lipinski definition) is 6. The number of morpholine rings is 1.